The fourth-order valence-electron chi connectivity index (χ4n) is 2.72. The van der Waals surface area contributed by atoms with E-state index in [1.807, 2.05) is 22.8 Å². The van der Waals surface area contributed by atoms with Gasteiger partial charge in [-0.15, -0.1) is 0 Å². The van der Waals surface area contributed by atoms with E-state index in [0.717, 1.165) is 41.4 Å². The average molecular weight is 327 g/mol. The predicted molar refractivity (Wildman–Crippen MR) is 90.0 cm³/mol. The number of hydrogen-bond acceptors (Lipinski definition) is 6. The molecule has 2 aromatic heterocycles. The Balaban J connectivity index is 1.66. The van der Waals surface area contributed by atoms with Crippen molar-refractivity contribution in [2.24, 2.45) is 0 Å². The Morgan fingerprint density at radius 1 is 1.26 bits per heavy atom. The number of ether oxygens (including phenoxy) is 1. The summed E-state index contributed by atoms with van der Waals surface area (Å²) in [5.74, 6) is 1.09. The highest BCUT2D eigenvalue weighted by Crippen LogP contribution is 2.31. The highest BCUT2D eigenvalue weighted by atomic mass is 32.2. The molecule has 3 aromatic rings. The second-order valence-electron chi connectivity index (χ2n) is 5.45. The average Bonchev–Trinajstić information content (AvgIpc) is 3.22. The van der Waals surface area contributed by atoms with Crippen LogP contribution in [-0.2, 0) is 10.5 Å². The van der Waals surface area contributed by atoms with Crippen LogP contribution >= 0.6 is 11.8 Å². The van der Waals surface area contributed by atoms with Crippen LogP contribution in [0.5, 0.6) is 0 Å². The van der Waals surface area contributed by atoms with Crippen LogP contribution in [0.15, 0.2) is 41.7 Å². The van der Waals surface area contributed by atoms with Crippen molar-refractivity contribution in [1.29, 1.82) is 0 Å². The minimum atomic E-state index is 0.00118. The molecule has 0 unspecified atom stereocenters. The number of thioether (sulfide) groups is 1. The maximum atomic E-state index is 5.90. The van der Waals surface area contributed by atoms with Gasteiger partial charge >= 0.3 is 0 Å². The summed E-state index contributed by atoms with van der Waals surface area (Å²) >= 11 is 1.63. The lowest BCUT2D eigenvalue weighted by Crippen LogP contribution is -2.08. The number of benzene rings is 1. The molecule has 23 heavy (non-hydrogen) atoms. The molecule has 7 heteroatoms. The molecule has 3 heterocycles. The minimum absolute atomic E-state index is 0.00118. The van der Waals surface area contributed by atoms with Crippen LogP contribution in [-0.4, -0.2) is 26.1 Å². The highest BCUT2D eigenvalue weighted by Gasteiger charge is 2.22. The molecule has 118 valence electrons. The minimum Gasteiger partial charge on any atom is -0.368 e. The fraction of sp³-hybridized carbons (Fsp3) is 0.312. The lowest BCUT2D eigenvalue weighted by molar-refractivity contribution is 0.0593. The monoisotopic (exact) mass is 327 g/mol. The fourth-order valence-corrected chi connectivity index (χ4v) is 3.66. The van der Waals surface area contributed by atoms with Crippen LogP contribution < -0.4 is 5.73 Å². The molecule has 0 bridgehead atoms. The molecule has 6 nitrogen and oxygen atoms in total. The van der Waals surface area contributed by atoms with Gasteiger partial charge in [0.05, 0.1) is 6.33 Å². The number of aromatic nitrogens is 4. The number of rotatable bonds is 4. The first-order chi connectivity index (χ1) is 11.3. The highest BCUT2D eigenvalue weighted by molar-refractivity contribution is 7.98. The molecule has 1 saturated heterocycles. The summed E-state index contributed by atoms with van der Waals surface area (Å²) in [5, 5.41) is 0.813. The zero-order valence-corrected chi connectivity index (χ0v) is 13.4. The van der Waals surface area contributed by atoms with Gasteiger partial charge in [-0.05, 0) is 18.4 Å². The van der Waals surface area contributed by atoms with Crippen molar-refractivity contribution >= 4 is 28.9 Å². The van der Waals surface area contributed by atoms with Gasteiger partial charge in [-0.2, -0.15) is 4.98 Å². The van der Waals surface area contributed by atoms with Crippen LogP contribution in [0.2, 0.25) is 0 Å². The first-order valence-electron chi connectivity index (χ1n) is 7.59. The van der Waals surface area contributed by atoms with Crippen LogP contribution in [0.3, 0.4) is 0 Å². The number of hydrogen-bond donors (Lipinski definition) is 1. The molecule has 4 rings (SSSR count). The van der Waals surface area contributed by atoms with Crippen molar-refractivity contribution in [2.45, 2.75) is 29.8 Å². The van der Waals surface area contributed by atoms with Gasteiger partial charge < -0.3 is 10.5 Å². The van der Waals surface area contributed by atoms with E-state index in [1.54, 1.807) is 18.1 Å². The Hall–Kier alpha value is -2.12. The van der Waals surface area contributed by atoms with Crippen molar-refractivity contribution in [3.63, 3.8) is 0 Å². The van der Waals surface area contributed by atoms with Gasteiger partial charge in [-0.25, -0.2) is 9.97 Å². The number of anilines is 1. The van der Waals surface area contributed by atoms with Crippen LogP contribution in [0.4, 0.5) is 5.95 Å². The van der Waals surface area contributed by atoms with Gasteiger partial charge in [0.2, 0.25) is 5.95 Å². The van der Waals surface area contributed by atoms with Crippen LogP contribution in [0.1, 0.15) is 24.6 Å². The van der Waals surface area contributed by atoms with E-state index < -0.39 is 0 Å². The van der Waals surface area contributed by atoms with E-state index in [-0.39, 0.29) is 12.2 Å². The number of nitrogen functional groups attached to an aromatic ring is 1. The van der Waals surface area contributed by atoms with Crippen molar-refractivity contribution in [2.75, 3.05) is 12.3 Å². The van der Waals surface area contributed by atoms with E-state index in [1.165, 1.54) is 5.56 Å². The van der Waals surface area contributed by atoms with Crippen molar-refractivity contribution in [3.05, 3.63) is 42.2 Å². The summed E-state index contributed by atoms with van der Waals surface area (Å²) in [6, 6.07) is 10.3. The van der Waals surface area contributed by atoms with Crippen LogP contribution in [0.25, 0.3) is 11.2 Å². The number of fused-ring (bicyclic) bond motifs is 1. The summed E-state index contributed by atoms with van der Waals surface area (Å²) in [6.07, 6.45) is 3.81. The Bertz CT molecular complexity index is 814. The smallest absolute Gasteiger partial charge is 0.223 e. The van der Waals surface area contributed by atoms with E-state index in [2.05, 4.69) is 27.1 Å². The second kappa shape index (κ2) is 6.17. The molecule has 1 fully saturated rings. The topological polar surface area (TPSA) is 78.8 Å². The van der Waals surface area contributed by atoms with E-state index >= 15 is 0 Å². The third-order valence-corrected chi connectivity index (χ3v) is 4.88. The van der Waals surface area contributed by atoms with E-state index in [0.29, 0.717) is 0 Å². The summed E-state index contributed by atoms with van der Waals surface area (Å²) < 4.78 is 7.69. The van der Waals surface area contributed by atoms with Gasteiger partial charge in [0.15, 0.2) is 5.65 Å². The first kappa shape index (κ1) is 14.5. The van der Waals surface area contributed by atoms with Crippen molar-refractivity contribution < 1.29 is 4.74 Å². The Labute approximate surface area is 138 Å². The number of nitrogens with two attached hydrogens (primary N) is 1. The van der Waals surface area contributed by atoms with Gasteiger partial charge in [0, 0.05) is 12.4 Å². The zero-order valence-electron chi connectivity index (χ0n) is 12.6. The molecule has 2 N–H and O–H groups in total. The molecule has 1 atom stereocenters. The van der Waals surface area contributed by atoms with Crippen molar-refractivity contribution in [3.8, 4) is 0 Å². The van der Waals surface area contributed by atoms with Crippen LogP contribution in [0, 0.1) is 0 Å². The van der Waals surface area contributed by atoms with Gasteiger partial charge in [-0.1, -0.05) is 42.1 Å². The molecule has 1 aliphatic rings. The molecule has 0 spiro atoms. The summed E-state index contributed by atoms with van der Waals surface area (Å²) in [6.45, 7) is 0.778. The molecular formula is C16H17N5OS. The number of imidazole rings is 1. The van der Waals surface area contributed by atoms with E-state index in [4.69, 9.17) is 10.5 Å². The standard InChI is InChI=1S/C16H17N5OS/c17-16-19-14-13(18-10-21(14)12-7-4-8-22-12)15(20-16)23-9-11-5-2-1-3-6-11/h1-3,5-6,10,12H,4,7-9H2,(H2,17,19,20)/t12-/m1/s1. The largest absolute Gasteiger partial charge is 0.368 e. The molecule has 0 saturated carbocycles. The maximum Gasteiger partial charge on any atom is 0.223 e. The second-order valence-corrected chi connectivity index (χ2v) is 6.42. The third kappa shape index (κ3) is 2.89. The van der Waals surface area contributed by atoms with E-state index in [9.17, 15) is 0 Å². The van der Waals surface area contributed by atoms with Gasteiger partial charge in [-0.3, -0.25) is 4.57 Å². The molecule has 1 aliphatic heterocycles. The lowest BCUT2D eigenvalue weighted by atomic mass is 10.2. The summed E-state index contributed by atoms with van der Waals surface area (Å²) in [7, 11) is 0. The normalized spacial score (nSPS) is 17.8. The first-order valence-corrected chi connectivity index (χ1v) is 8.58. The SMILES string of the molecule is Nc1nc(SCc2ccccc2)c2ncn([C@H]3CCCO3)c2n1. The molecule has 0 aliphatic carbocycles. The lowest BCUT2D eigenvalue weighted by Gasteiger charge is -2.11. The number of nitrogens with zero attached hydrogens (tertiary/aromatic N) is 4. The molecule has 0 amide bonds. The summed E-state index contributed by atoms with van der Waals surface area (Å²) in [4.78, 5) is 13.2. The Kier molecular flexibility index (Phi) is 3.88. The maximum absolute atomic E-state index is 5.90. The third-order valence-electron chi connectivity index (χ3n) is 3.84. The molecule has 0 radical (unpaired) electrons. The summed E-state index contributed by atoms with van der Waals surface area (Å²) in [5.41, 5.74) is 8.68. The van der Waals surface area contributed by atoms with Gasteiger partial charge in [0.25, 0.3) is 0 Å². The Morgan fingerprint density at radius 2 is 2.13 bits per heavy atom. The Morgan fingerprint density at radius 3 is 2.91 bits per heavy atom. The quantitative estimate of drug-likeness (QED) is 0.586. The van der Waals surface area contributed by atoms with Gasteiger partial charge in [0.1, 0.15) is 16.8 Å². The molecular weight excluding hydrogens is 310 g/mol. The zero-order chi connectivity index (χ0) is 15.6. The molecule has 1 aromatic carbocycles. The predicted octanol–water partition coefficient (Wildman–Crippen LogP) is 3.01. The van der Waals surface area contributed by atoms with Crippen molar-refractivity contribution in [1.82, 2.24) is 19.5 Å².